The van der Waals surface area contributed by atoms with Gasteiger partial charge in [-0.1, -0.05) is 18.5 Å². The molecule has 0 unspecified atom stereocenters. The van der Waals surface area contributed by atoms with Gasteiger partial charge in [-0.05, 0) is 35.0 Å². The Hall–Kier alpha value is -0.830. The summed E-state index contributed by atoms with van der Waals surface area (Å²) in [6, 6.07) is 2.75. The number of likely N-dealkylation sites (N-methyl/N-ethyl adjacent to an activating group) is 2. The summed E-state index contributed by atoms with van der Waals surface area (Å²) in [5.74, 6) is -0.367. The number of carbonyl (C=O) groups is 1. The second-order valence-corrected chi connectivity index (χ2v) is 7.33. The van der Waals surface area contributed by atoms with E-state index < -0.39 is 10.0 Å². The number of nitrogens with zero attached hydrogens (tertiary/aromatic N) is 1. The van der Waals surface area contributed by atoms with Crippen LogP contribution in [0.15, 0.2) is 21.5 Å². The number of hydrogen-bond donors (Lipinski definition) is 2. The van der Waals surface area contributed by atoms with Crippen LogP contribution in [0.5, 0.6) is 0 Å². The van der Waals surface area contributed by atoms with E-state index in [9.17, 15) is 13.2 Å². The van der Waals surface area contributed by atoms with E-state index in [2.05, 4.69) is 21.2 Å². The zero-order valence-electron chi connectivity index (χ0n) is 11.7. The van der Waals surface area contributed by atoms with Crippen LogP contribution in [0.1, 0.15) is 13.8 Å². The molecule has 0 spiro atoms. The molecule has 21 heavy (non-hydrogen) atoms. The van der Waals surface area contributed by atoms with Gasteiger partial charge in [0.15, 0.2) is 0 Å². The van der Waals surface area contributed by atoms with Crippen molar-refractivity contribution in [2.45, 2.75) is 18.7 Å². The molecule has 1 rings (SSSR count). The Morgan fingerprint density at radius 1 is 1.43 bits per heavy atom. The van der Waals surface area contributed by atoms with Crippen LogP contribution in [-0.2, 0) is 14.8 Å². The number of halogens is 2. The maximum absolute atomic E-state index is 12.6. The van der Waals surface area contributed by atoms with Crippen molar-refractivity contribution in [1.29, 1.82) is 0 Å². The highest BCUT2D eigenvalue weighted by atomic mass is 79.9. The molecule has 0 aliphatic rings. The summed E-state index contributed by atoms with van der Waals surface area (Å²) in [6.07, 6.45) is 0. The second-order valence-electron chi connectivity index (χ2n) is 4.19. The van der Waals surface area contributed by atoms with Gasteiger partial charge in [-0.3, -0.25) is 4.79 Å². The normalized spacial score (nSPS) is 11.7. The Morgan fingerprint density at radius 2 is 2.05 bits per heavy atom. The molecule has 0 aliphatic heterocycles. The topological polar surface area (TPSA) is 92.5 Å². The van der Waals surface area contributed by atoms with Crippen molar-refractivity contribution in [2.75, 3.05) is 25.4 Å². The molecular weight excluding hydrogens is 382 g/mol. The van der Waals surface area contributed by atoms with E-state index in [4.69, 9.17) is 17.3 Å². The van der Waals surface area contributed by atoms with Gasteiger partial charge in [0.2, 0.25) is 15.9 Å². The first kappa shape index (κ1) is 18.2. The first-order valence-electron chi connectivity index (χ1n) is 6.25. The zero-order chi connectivity index (χ0) is 16.2. The highest BCUT2D eigenvalue weighted by Gasteiger charge is 2.28. The maximum Gasteiger partial charge on any atom is 0.244 e. The number of sulfonamides is 1. The number of nitrogen functional groups attached to an aromatic ring is 1. The third-order valence-corrected chi connectivity index (χ3v) is 6.01. The van der Waals surface area contributed by atoms with Crippen LogP contribution >= 0.6 is 27.5 Å². The molecule has 0 saturated carbocycles. The molecule has 1 aromatic carbocycles. The summed E-state index contributed by atoms with van der Waals surface area (Å²) in [4.78, 5) is 11.6. The second kappa shape index (κ2) is 7.44. The van der Waals surface area contributed by atoms with Gasteiger partial charge >= 0.3 is 0 Å². The van der Waals surface area contributed by atoms with Crippen LogP contribution in [0.3, 0.4) is 0 Å². The van der Waals surface area contributed by atoms with Crippen molar-refractivity contribution >= 4 is 49.1 Å². The van der Waals surface area contributed by atoms with Gasteiger partial charge < -0.3 is 11.1 Å². The molecular formula is C12H17BrClN3O3S. The largest absolute Gasteiger partial charge is 0.398 e. The molecule has 0 saturated heterocycles. The molecule has 118 valence electrons. The molecule has 0 radical (unpaired) electrons. The molecule has 0 heterocycles. The molecule has 6 nitrogen and oxygen atoms in total. The first-order chi connectivity index (χ1) is 9.73. The Bertz CT molecular complexity index is 637. The van der Waals surface area contributed by atoms with Gasteiger partial charge in [0.25, 0.3) is 0 Å². The van der Waals surface area contributed by atoms with Crippen LogP contribution in [0.4, 0.5) is 5.69 Å². The minimum Gasteiger partial charge on any atom is -0.398 e. The number of hydrogen-bond acceptors (Lipinski definition) is 4. The summed E-state index contributed by atoms with van der Waals surface area (Å²) in [5, 5.41) is 2.78. The van der Waals surface area contributed by atoms with Crippen molar-refractivity contribution in [1.82, 2.24) is 9.62 Å². The van der Waals surface area contributed by atoms with Crippen LogP contribution in [0.2, 0.25) is 5.02 Å². The Kier molecular flexibility index (Phi) is 6.45. The number of benzene rings is 1. The average Bonchev–Trinajstić information content (AvgIpc) is 2.40. The van der Waals surface area contributed by atoms with Crippen molar-refractivity contribution in [3.8, 4) is 0 Å². The smallest absolute Gasteiger partial charge is 0.244 e. The van der Waals surface area contributed by atoms with Crippen molar-refractivity contribution in [3.63, 3.8) is 0 Å². The van der Waals surface area contributed by atoms with Crippen LogP contribution in [-0.4, -0.2) is 38.3 Å². The van der Waals surface area contributed by atoms with Crippen molar-refractivity contribution in [3.05, 3.63) is 21.6 Å². The monoisotopic (exact) mass is 397 g/mol. The molecule has 3 N–H and O–H groups in total. The van der Waals surface area contributed by atoms with Crippen LogP contribution in [0, 0.1) is 0 Å². The summed E-state index contributed by atoms with van der Waals surface area (Å²) in [5.41, 5.74) is 5.93. The van der Waals surface area contributed by atoms with Crippen molar-refractivity contribution < 1.29 is 13.2 Å². The van der Waals surface area contributed by atoms with Gasteiger partial charge in [0, 0.05) is 23.8 Å². The molecule has 1 amide bonds. The number of rotatable bonds is 6. The van der Waals surface area contributed by atoms with Gasteiger partial charge in [0.1, 0.15) is 0 Å². The first-order valence-corrected chi connectivity index (χ1v) is 8.86. The van der Waals surface area contributed by atoms with Gasteiger partial charge in [0.05, 0.1) is 15.9 Å². The van der Waals surface area contributed by atoms with Gasteiger partial charge in [-0.2, -0.15) is 4.31 Å². The molecule has 0 atom stereocenters. The highest BCUT2D eigenvalue weighted by Crippen LogP contribution is 2.33. The lowest BCUT2D eigenvalue weighted by Gasteiger charge is -2.21. The highest BCUT2D eigenvalue weighted by molar-refractivity contribution is 9.10. The molecule has 0 aromatic heterocycles. The minimum atomic E-state index is -3.88. The lowest BCUT2D eigenvalue weighted by molar-refractivity contribution is -0.121. The SMILES string of the molecule is CCNC(=O)CN(CC)S(=O)(=O)c1cc(Cl)cc(N)c1Br. The minimum absolute atomic E-state index is 0.0568. The third-order valence-electron chi connectivity index (χ3n) is 2.70. The fourth-order valence-electron chi connectivity index (χ4n) is 1.69. The molecule has 1 aromatic rings. The van der Waals surface area contributed by atoms with E-state index in [0.717, 1.165) is 4.31 Å². The Labute approximate surface area is 137 Å². The van der Waals surface area contributed by atoms with Crippen LogP contribution < -0.4 is 11.1 Å². The fraction of sp³-hybridized carbons (Fsp3) is 0.417. The van der Waals surface area contributed by atoms with E-state index in [-0.39, 0.29) is 39.1 Å². The zero-order valence-corrected chi connectivity index (χ0v) is 14.8. The molecule has 0 bridgehead atoms. The Morgan fingerprint density at radius 3 is 2.57 bits per heavy atom. The van der Waals surface area contributed by atoms with E-state index in [1.807, 2.05) is 0 Å². The maximum atomic E-state index is 12.6. The third kappa shape index (κ3) is 4.32. The predicted octanol–water partition coefficient (Wildman–Crippen LogP) is 1.83. The molecule has 9 heteroatoms. The quantitative estimate of drug-likeness (QED) is 0.715. The van der Waals surface area contributed by atoms with E-state index >= 15 is 0 Å². The van der Waals surface area contributed by atoms with E-state index in [0.29, 0.717) is 6.54 Å². The molecule has 0 fully saturated rings. The number of carbonyl (C=O) groups excluding carboxylic acids is 1. The fourth-order valence-corrected chi connectivity index (χ4v) is 4.35. The van der Waals surface area contributed by atoms with E-state index in [1.165, 1.54) is 12.1 Å². The van der Waals surface area contributed by atoms with Crippen LogP contribution in [0.25, 0.3) is 0 Å². The summed E-state index contributed by atoms with van der Waals surface area (Å²) >= 11 is 9.02. The van der Waals surface area contributed by atoms with Gasteiger partial charge in [-0.15, -0.1) is 0 Å². The standard InChI is InChI=1S/C12H17BrClN3O3S/c1-3-16-11(18)7-17(4-2)21(19,20)10-6-8(14)5-9(15)12(10)13/h5-6H,3-4,7,15H2,1-2H3,(H,16,18). The number of nitrogens with two attached hydrogens (primary N) is 1. The average molecular weight is 399 g/mol. The lowest BCUT2D eigenvalue weighted by atomic mass is 10.3. The number of nitrogens with one attached hydrogen (secondary N) is 1. The summed E-state index contributed by atoms with van der Waals surface area (Å²) in [6.45, 7) is 3.74. The molecule has 0 aliphatic carbocycles. The van der Waals surface area contributed by atoms with Gasteiger partial charge in [-0.25, -0.2) is 8.42 Å². The predicted molar refractivity (Wildman–Crippen MR) is 86.7 cm³/mol. The number of amides is 1. The summed E-state index contributed by atoms with van der Waals surface area (Å²) in [7, 11) is -3.88. The Balaban J connectivity index is 3.22. The lowest BCUT2D eigenvalue weighted by Crippen LogP contribution is -2.40. The van der Waals surface area contributed by atoms with Crippen molar-refractivity contribution in [2.24, 2.45) is 0 Å². The van der Waals surface area contributed by atoms with E-state index in [1.54, 1.807) is 13.8 Å². The number of anilines is 1. The summed E-state index contributed by atoms with van der Waals surface area (Å²) < 4.78 is 26.6.